The van der Waals surface area contributed by atoms with Gasteiger partial charge in [0.1, 0.15) is 5.75 Å². The second kappa shape index (κ2) is 7.70. The Kier molecular flexibility index (Phi) is 5.40. The van der Waals surface area contributed by atoms with Gasteiger partial charge < -0.3 is 14.5 Å². The summed E-state index contributed by atoms with van der Waals surface area (Å²) in [5.41, 5.74) is 0. The van der Waals surface area contributed by atoms with E-state index in [1.165, 1.54) is 24.6 Å². The Balaban J connectivity index is 1.40. The predicted molar refractivity (Wildman–Crippen MR) is 86.5 cm³/mol. The van der Waals surface area contributed by atoms with Crippen LogP contribution in [-0.2, 0) is 11.4 Å². The number of rotatable bonds is 8. The van der Waals surface area contributed by atoms with Crippen LogP contribution in [0.4, 0.5) is 0 Å². The molecule has 0 atom stereocenters. The molecule has 0 unspecified atom stereocenters. The molecular formula is C15H16ClN3O3S. The molecule has 8 heteroatoms. The molecule has 1 aromatic heterocycles. The Hall–Kier alpha value is -1.73. The molecule has 1 saturated carbocycles. The third-order valence-electron chi connectivity index (χ3n) is 3.24. The highest BCUT2D eigenvalue weighted by Gasteiger charge is 2.21. The summed E-state index contributed by atoms with van der Waals surface area (Å²) in [5, 5.41) is 11.7. The molecule has 0 bridgehead atoms. The second-order valence-electron chi connectivity index (χ2n) is 5.24. The van der Waals surface area contributed by atoms with Crippen molar-refractivity contribution in [2.24, 2.45) is 5.92 Å². The zero-order valence-electron chi connectivity index (χ0n) is 12.3. The van der Waals surface area contributed by atoms with Crippen LogP contribution >= 0.6 is 23.4 Å². The minimum atomic E-state index is -0.0148. The molecule has 23 heavy (non-hydrogen) atoms. The van der Waals surface area contributed by atoms with Crippen molar-refractivity contribution < 1.29 is 13.9 Å². The van der Waals surface area contributed by atoms with Crippen LogP contribution in [0.1, 0.15) is 18.7 Å². The molecule has 0 aliphatic heterocycles. The van der Waals surface area contributed by atoms with Gasteiger partial charge in [-0.1, -0.05) is 23.4 Å². The predicted octanol–water partition coefficient (Wildman–Crippen LogP) is 2.92. The quantitative estimate of drug-likeness (QED) is 0.735. The van der Waals surface area contributed by atoms with E-state index in [0.29, 0.717) is 27.8 Å². The van der Waals surface area contributed by atoms with Gasteiger partial charge in [0.2, 0.25) is 5.91 Å². The van der Waals surface area contributed by atoms with E-state index in [1.807, 2.05) is 0 Å². The van der Waals surface area contributed by atoms with E-state index < -0.39 is 0 Å². The largest absolute Gasteiger partial charge is 0.484 e. The highest BCUT2D eigenvalue weighted by Crippen LogP contribution is 2.27. The van der Waals surface area contributed by atoms with Gasteiger partial charge in [0.15, 0.2) is 6.61 Å². The van der Waals surface area contributed by atoms with Crippen LogP contribution in [0, 0.1) is 5.92 Å². The molecule has 1 aliphatic carbocycles. The third-order valence-corrected chi connectivity index (χ3v) is 4.31. The average Bonchev–Trinajstić information content (AvgIpc) is 3.28. The number of amides is 1. The van der Waals surface area contributed by atoms with Gasteiger partial charge in [0.05, 0.1) is 5.75 Å². The monoisotopic (exact) mass is 353 g/mol. The van der Waals surface area contributed by atoms with E-state index in [-0.39, 0.29) is 18.3 Å². The van der Waals surface area contributed by atoms with Crippen LogP contribution in [0.3, 0.4) is 0 Å². The first-order valence-electron chi connectivity index (χ1n) is 7.29. The summed E-state index contributed by atoms with van der Waals surface area (Å²) in [6, 6.07) is 7.01. The summed E-state index contributed by atoms with van der Waals surface area (Å²) in [6.07, 6.45) is 2.43. The highest BCUT2D eigenvalue weighted by atomic mass is 35.5. The second-order valence-corrected chi connectivity index (χ2v) is 6.60. The SMILES string of the molecule is O=C(CSc1nnc(COc2ccc(Cl)cc2)o1)NCC1CC1. The molecule has 6 nitrogen and oxygen atoms in total. The molecule has 1 aliphatic rings. The van der Waals surface area contributed by atoms with Crippen molar-refractivity contribution in [1.82, 2.24) is 15.5 Å². The van der Waals surface area contributed by atoms with Crippen LogP contribution in [0.5, 0.6) is 5.75 Å². The summed E-state index contributed by atoms with van der Waals surface area (Å²) >= 11 is 7.02. The fourth-order valence-electron chi connectivity index (χ4n) is 1.79. The Morgan fingerprint density at radius 1 is 1.35 bits per heavy atom. The maximum atomic E-state index is 11.6. The molecule has 1 fully saturated rings. The third kappa shape index (κ3) is 5.44. The molecule has 1 amide bonds. The van der Waals surface area contributed by atoms with Crippen LogP contribution in [0.15, 0.2) is 33.9 Å². The first-order valence-corrected chi connectivity index (χ1v) is 8.65. The molecule has 2 aromatic rings. The topological polar surface area (TPSA) is 77.2 Å². The number of halogens is 1. The smallest absolute Gasteiger partial charge is 0.277 e. The van der Waals surface area contributed by atoms with Gasteiger partial charge in [-0.05, 0) is 43.0 Å². The Morgan fingerprint density at radius 3 is 2.87 bits per heavy atom. The van der Waals surface area contributed by atoms with Crippen molar-refractivity contribution in [3.63, 3.8) is 0 Å². The van der Waals surface area contributed by atoms with Crippen molar-refractivity contribution in [1.29, 1.82) is 0 Å². The molecule has 3 rings (SSSR count). The lowest BCUT2D eigenvalue weighted by Gasteiger charge is -2.02. The van der Waals surface area contributed by atoms with Crippen molar-refractivity contribution >= 4 is 29.3 Å². The molecule has 1 aromatic carbocycles. The molecule has 0 radical (unpaired) electrons. The van der Waals surface area contributed by atoms with E-state index in [1.54, 1.807) is 24.3 Å². The lowest BCUT2D eigenvalue weighted by Crippen LogP contribution is -2.27. The number of hydrogen-bond acceptors (Lipinski definition) is 6. The van der Waals surface area contributed by atoms with Crippen LogP contribution in [0.2, 0.25) is 5.02 Å². The van der Waals surface area contributed by atoms with E-state index in [2.05, 4.69) is 15.5 Å². The molecule has 0 saturated heterocycles. The van der Waals surface area contributed by atoms with Gasteiger partial charge in [-0.3, -0.25) is 4.79 Å². The van der Waals surface area contributed by atoms with Gasteiger partial charge >= 0.3 is 0 Å². The number of carbonyl (C=O) groups excluding carboxylic acids is 1. The number of aromatic nitrogens is 2. The summed E-state index contributed by atoms with van der Waals surface area (Å²) in [7, 11) is 0. The number of carbonyl (C=O) groups is 1. The van der Waals surface area contributed by atoms with Crippen LogP contribution in [-0.4, -0.2) is 28.4 Å². The molecule has 122 valence electrons. The first-order chi connectivity index (χ1) is 11.2. The van der Waals surface area contributed by atoms with E-state index >= 15 is 0 Å². The molecule has 1 heterocycles. The lowest BCUT2D eigenvalue weighted by atomic mass is 10.3. The van der Waals surface area contributed by atoms with Gasteiger partial charge in [-0.15, -0.1) is 10.2 Å². The Morgan fingerprint density at radius 2 is 2.13 bits per heavy atom. The zero-order valence-corrected chi connectivity index (χ0v) is 13.9. The van der Waals surface area contributed by atoms with Crippen LogP contribution in [0.25, 0.3) is 0 Å². The Bertz CT molecular complexity index is 658. The number of ether oxygens (including phenoxy) is 1. The van der Waals surface area contributed by atoms with Gasteiger partial charge in [-0.25, -0.2) is 0 Å². The van der Waals surface area contributed by atoms with Gasteiger partial charge in [0.25, 0.3) is 11.1 Å². The lowest BCUT2D eigenvalue weighted by molar-refractivity contribution is -0.118. The van der Waals surface area contributed by atoms with Gasteiger partial charge in [-0.2, -0.15) is 0 Å². The number of nitrogens with zero attached hydrogens (tertiary/aromatic N) is 2. The molecular weight excluding hydrogens is 338 g/mol. The van der Waals surface area contributed by atoms with Crippen LogP contribution < -0.4 is 10.1 Å². The minimum absolute atomic E-state index is 0.0148. The Labute approximate surface area is 142 Å². The standard InChI is InChI=1S/C15H16ClN3O3S/c16-11-3-5-12(6-4-11)21-8-14-18-19-15(22-14)23-9-13(20)17-7-10-1-2-10/h3-6,10H,1-2,7-9H2,(H,17,20). The van der Waals surface area contributed by atoms with Crippen molar-refractivity contribution in [3.8, 4) is 5.75 Å². The van der Waals surface area contributed by atoms with Gasteiger partial charge in [0, 0.05) is 11.6 Å². The summed E-state index contributed by atoms with van der Waals surface area (Å²) in [5.74, 6) is 1.96. The minimum Gasteiger partial charge on any atom is -0.484 e. The van der Waals surface area contributed by atoms with Crippen molar-refractivity contribution in [3.05, 3.63) is 35.2 Å². The average molecular weight is 354 g/mol. The van der Waals surface area contributed by atoms with Crippen molar-refractivity contribution in [2.75, 3.05) is 12.3 Å². The number of benzene rings is 1. The summed E-state index contributed by atoms with van der Waals surface area (Å²) in [4.78, 5) is 11.6. The zero-order chi connectivity index (χ0) is 16.1. The number of hydrogen-bond donors (Lipinski definition) is 1. The van der Waals surface area contributed by atoms with E-state index in [9.17, 15) is 4.79 Å². The number of nitrogens with one attached hydrogen (secondary N) is 1. The normalized spacial score (nSPS) is 13.8. The summed E-state index contributed by atoms with van der Waals surface area (Å²) in [6.45, 7) is 0.937. The number of thioether (sulfide) groups is 1. The fourth-order valence-corrected chi connectivity index (χ4v) is 2.53. The maximum Gasteiger partial charge on any atom is 0.277 e. The highest BCUT2D eigenvalue weighted by molar-refractivity contribution is 7.99. The first kappa shape index (κ1) is 16.1. The van der Waals surface area contributed by atoms with Crippen molar-refractivity contribution in [2.45, 2.75) is 24.7 Å². The fraction of sp³-hybridized carbons (Fsp3) is 0.400. The van der Waals surface area contributed by atoms with E-state index in [0.717, 1.165) is 6.54 Å². The maximum absolute atomic E-state index is 11.6. The van der Waals surface area contributed by atoms with E-state index in [4.69, 9.17) is 20.8 Å². The summed E-state index contributed by atoms with van der Waals surface area (Å²) < 4.78 is 10.9. The molecule has 0 spiro atoms. The molecule has 1 N–H and O–H groups in total.